The fourth-order valence-electron chi connectivity index (χ4n) is 3.26. The van der Waals surface area contributed by atoms with Gasteiger partial charge < -0.3 is 10.1 Å². The molecule has 8 heteroatoms. The first-order valence-electron chi connectivity index (χ1n) is 8.67. The number of nitrogens with one attached hydrogen (secondary N) is 1. The van der Waals surface area contributed by atoms with Gasteiger partial charge >= 0.3 is 5.97 Å². The fraction of sp³-hybridized carbons (Fsp3) is 0.368. The van der Waals surface area contributed by atoms with Gasteiger partial charge in [0.15, 0.2) is 6.61 Å². The van der Waals surface area contributed by atoms with Crippen molar-refractivity contribution in [2.45, 2.75) is 19.3 Å². The van der Waals surface area contributed by atoms with E-state index in [0.717, 1.165) is 4.90 Å². The lowest BCUT2D eigenvalue weighted by atomic mass is 9.85. The number of imide groups is 1. The first kappa shape index (κ1) is 19.1. The molecular formula is C19H19ClN2O5. The van der Waals surface area contributed by atoms with Crippen LogP contribution < -0.4 is 5.32 Å². The number of hydrogen-bond acceptors (Lipinski definition) is 5. The topological polar surface area (TPSA) is 92.8 Å². The smallest absolute Gasteiger partial charge is 0.308 e. The Hall–Kier alpha value is -2.67. The Morgan fingerprint density at radius 2 is 1.74 bits per heavy atom. The molecule has 27 heavy (non-hydrogen) atoms. The van der Waals surface area contributed by atoms with E-state index in [9.17, 15) is 19.2 Å². The van der Waals surface area contributed by atoms with E-state index in [1.807, 2.05) is 12.2 Å². The van der Waals surface area contributed by atoms with Crippen LogP contribution in [-0.2, 0) is 23.9 Å². The van der Waals surface area contributed by atoms with Crippen LogP contribution in [0, 0.1) is 11.8 Å². The van der Waals surface area contributed by atoms with E-state index in [1.165, 1.54) is 0 Å². The molecule has 3 rings (SSSR count). The van der Waals surface area contributed by atoms with Crippen LogP contribution in [0.2, 0.25) is 5.02 Å². The number of amides is 3. The fourth-order valence-corrected chi connectivity index (χ4v) is 3.44. The van der Waals surface area contributed by atoms with E-state index in [2.05, 4.69) is 5.32 Å². The molecule has 1 N–H and O–H groups in total. The van der Waals surface area contributed by atoms with Gasteiger partial charge in [0.2, 0.25) is 11.8 Å². The predicted octanol–water partition coefficient (Wildman–Crippen LogP) is 2.16. The molecular weight excluding hydrogens is 372 g/mol. The lowest BCUT2D eigenvalue weighted by Gasteiger charge is -2.14. The highest BCUT2D eigenvalue weighted by Crippen LogP contribution is 2.35. The zero-order valence-corrected chi connectivity index (χ0v) is 15.3. The van der Waals surface area contributed by atoms with Crippen molar-refractivity contribution in [2.24, 2.45) is 11.8 Å². The molecule has 0 spiro atoms. The summed E-state index contributed by atoms with van der Waals surface area (Å²) in [7, 11) is 0. The van der Waals surface area contributed by atoms with Crippen molar-refractivity contribution in [1.29, 1.82) is 0 Å². The normalized spacial score (nSPS) is 21.1. The molecule has 1 aliphatic carbocycles. The average molecular weight is 391 g/mol. The van der Waals surface area contributed by atoms with Crippen molar-refractivity contribution in [3.05, 3.63) is 41.4 Å². The van der Waals surface area contributed by atoms with Gasteiger partial charge in [0.05, 0.1) is 29.0 Å². The average Bonchev–Trinajstić information content (AvgIpc) is 2.91. The van der Waals surface area contributed by atoms with E-state index in [-0.39, 0.29) is 36.6 Å². The second-order valence-corrected chi connectivity index (χ2v) is 6.83. The van der Waals surface area contributed by atoms with Gasteiger partial charge in [0, 0.05) is 6.54 Å². The van der Waals surface area contributed by atoms with Crippen LogP contribution in [-0.4, -0.2) is 41.7 Å². The number of likely N-dealkylation sites (tertiary alicyclic amines) is 1. The number of anilines is 1. The van der Waals surface area contributed by atoms with Gasteiger partial charge in [-0.3, -0.25) is 24.1 Å². The summed E-state index contributed by atoms with van der Waals surface area (Å²) in [5.74, 6) is -2.29. The van der Waals surface area contributed by atoms with Gasteiger partial charge in [0.25, 0.3) is 5.91 Å². The molecule has 1 heterocycles. The highest BCUT2D eigenvalue weighted by molar-refractivity contribution is 6.33. The van der Waals surface area contributed by atoms with E-state index in [1.54, 1.807) is 24.3 Å². The standard InChI is InChI=1S/C19H19ClN2O5/c20-14-7-3-4-8-15(14)21-16(23)11-27-17(24)9-10-22-18(25)12-5-1-2-6-13(12)19(22)26/h1-4,7-8,12-13H,5-6,9-11H2,(H,21,23)/t12-,13+. The van der Waals surface area contributed by atoms with Crippen LogP contribution in [0.5, 0.6) is 0 Å². The molecule has 0 unspecified atom stereocenters. The SMILES string of the molecule is O=C(COC(=O)CCN1C(=O)[C@H]2CC=CC[C@H]2C1=O)Nc1ccccc1Cl. The molecule has 1 aromatic rings. The number of esters is 1. The Bertz CT molecular complexity index is 781. The third kappa shape index (κ3) is 4.36. The van der Waals surface area contributed by atoms with Crippen molar-refractivity contribution < 1.29 is 23.9 Å². The number of rotatable bonds is 6. The molecule has 7 nitrogen and oxygen atoms in total. The third-order valence-electron chi connectivity index (χ3n) is 4.65. The number of carbonyl (C=O) groups is 4. The number of nitrogens with zero attached hydrogens (tertiary/aromatic N) is 1. The molecule has 0 aromatic heterocycles. The van der Waals surface area contributed by atoms with Gasteiger partial charge in [-0.15, -0.1) is 0 Å². The zero-order valence-electron chi connectivity index (χ0n) is 14.5. The lowest BCUT2D eigenvalue weighted by Crippen LogP contribution is -2.33. The van der Waals surface area contributed by atoms with Crippen molar-refractivity contribution in [2.75, 3.05) is 18.5 Å². The number of carbonyl (C=O) groups excluding carboxylic acids is 4. The van der Waals surface area contributed by atoms with E-state index in [0.29, 0.717) is 23.6 Å². The van der Waals surface area contributed by atoms with Gasteiger partial charge in [-0.05, 0) is 25.0 Å². The van der Waals surface area contributed by atoms with Gasteiger partial charge in [-0.2, -0.15) is 0 Å². The maximum absolute atomic E-state index is 12.3. The Morgan fingerprint density at radius 1 is 1.11 bits per heavy atom. The predicted molar refractivity (Wildman–Crippen MR) is 97.7 cm³/mol. The first-order valence-corrected chi connectivity index (χ1v) is 9.05. The summed E-state index contributed by atoms with van der Waals surface area (Å²) in [5.41, 5.74) is 0.421. The number of fused-ring (bicyclic) bond motifs is 1. The summed E-state index contributed by atoms with van der Waals surface area (Å²) >= 11 is 5.94. The summed E-state index contributed by atoms with van der Waals surface area (Å²) in [5, 5.41) is 2.91. The number of ether oxygens (including phenoxy) is 1. The second kappa shape index (κ2) is 8.35. The minimum absolute atomic E-state index is 0.0321. The van der Waals surface area contributed by atoms with Crippen LogP contribution in [0.1, 0.15) is 19.3 Å². The monoisotopic (exact) mass is 390 g/mol. The van der Waals surface area contributed by atoms with Crippen LogP contribution in [0.3, 0.4) is 0 Å². The quantitative estimate of drug-likeness (QED) is 0.456. The maximum atomic E-state index is 12.3. The van der Waals surface area contributed by atoms with Crippen LogP contribution in [0.25, 0.3) is 0 Å². The second-order valence-electron chi connectivity index (χ2n) is 6.42. The summed E-state index contributed by atoms with van der Waals surface area (Å²) in [6.45, 7) is -0.503. The highest BCUT2D eigenvalue weighted by Gasteiger charge is 2.46. The summed E-state index contributed by atoms with van der Waals surface area (Å²) in [4.78, 5) is 49.4. The molecule has 142 valence electrons. The van der Waals surface area contributed by atoms with Crippen LogP contribution in [0.15, 0.2) is 36.4 Å². The molecule has 2 atom stereocenters. The van der Waals surface area contributed by atoms with Crippen LogP contribution in [0.4, 0.5) is 5.69 Å². The Kier molecular flexibility index (Phi) is 5.91. The molecule has 2 aliphatic rings. The molecule has 0 saturated carbocycles. The third-order valence-corrected chi connectivity index (χ3v) is 4.98. The Balaban J connectivity index is 1.43. The largest absolute Gasteiger partial charge is 0.456 e. The minimum Gasteiger partial charge on any atom is -0.456 e. The molecule has 1 aliphatic heterocycles. The Morgan fingerprint density at radius 3 is 2.37 bits per heavy atom. The molecule has 1 saturated heterocycles. The van der Waals surface area contributed by atoms with E-state index in [4.69, 9.17) is 16.3 Å². The van der Waals surface area contributed by atoms with Crippen molar-refractivity contribution >= 4 is 41.0 Å². The number of allylic oxidation sites excluding steroid dienone is 2. The van der Waals surface area contributed by atoms with Crippen molar-refractivity contribution in [3.63, 3.8) is 0 Å². The van der Waals surface area contributed by atoms with Crippen LogP contribution >= 0.6 is 11.6 Å². The first-order chi connectivity index (χ1) is 13.0. The molecule has 1 aromatic carbocycles. The maximum Gasteiger partial charge on any atom is 0.308 e. The molecule has 1 fully saturated rings. The van der Waals surface area contributed by atoms with Crippen molar-refractivity contribution in [3.8, 4) is 0 Å². The van der Waals surface area contributed by atoms with Gasteiger partial charge in [-0.1, -0.05) is 35.9 Å². The van der Waals surface area contributed by atoms with E-state index >= 15 is 0 Å². The minimum atomic E-state index is -0.655. The zero-order chi connectivity index (χ0) is 19.4. The number of halogens is 1. The molecule has 0 radical (unpaired) electrons. The number of hydrogen-bond donors (Lipinski definition) is 1. The number of benzene rings is 1. The van der Waals surface area contributed by atoms with E-state index < -0.39 is 18.5 Å². The number of para-hydroxylation sites is 1. The summed E-state index contributed by atoms with van der Waals surface area (Å²) in [6, 6.07) is 6.69. The summed E-state index contributed by atoms with van der Waals surface area (Å²) in [6.07, 6.45) is 4.77. The van der Waals surface area contributed by atoms with Crippen molar-refractivity contribution in [1.82, 2.24) is 4.90 Å². The molecule has 3 amide bonds. The lowest BCUT2D eigenvalue weighted by molar-refractivity contribution is -0.148. The van der Waals surface area contributed by atoms with Gasteiger partial charge in [0.1, 0.15) is 0 Å². The Labute approximate surface area is 161 Å². The summed E-state index contributed by atoms with van der Waals surface area (Å²) < 4.78 is 4.91. The molecule has 0 bridgehead atoms. The van der Waals surface area contributed by atoms with Gasteiger partial charge in [-0.25, -0.2) is 0 Å². The highest BCUT2D eigenvalue weighted by atomic mass is 35.5.